The summed E-state index contributed by atoms with van der Waals surface area (Å²) < 4.78 is 4.93. The summed E-state index contributed by atoms with van der Waals surface area (Å²) in [6, 6.07) is 3.86. The number of pyridine rings is 1. The van der Waals surface area contributed by atoms with Gasteiger partial charge in [-0.25, -0.2) is 4.79 Å². The summed E-state index contributed by atoms with van der Waals surface area (Å²) in [5.41, 5.74) is 2.79. The van der Waals surface area contributed by atoms with Crippen LogP contribution in [-0.4, -0.2) is 23.2 Å². The average Bonchev–Trinajstić information content (AvgIpc) is 3.14. The zero-order valence-corrected chi connectivity index (χ0v) is 14.4. The van der Waals surface area contributed by atoms with Gasteiger partial charge in [-0.05, 0) is 48.7 Å². The molecular formula is C16H17N3O2S2. The van der Waals surface area contributed by atoms with Gasteiger partial charge in [0.05, 0.1) is 12.7 Å². The molecule has 0 radical (unpaired) electrons. The van der Waals surface area contributed by atoms with Crippen LogP contribution in [0.1, 0.15) is 32.8 Å². The van der Waals surface area contributed by atoms with E-state index >= 15 is 0 Å². The molecule has 0 spiro atoms. The largest absolute Gasteiger partial charge is 0.465 e. The van der Waals surface area contributed by atoms with Crippen molar-refractivity contribution in [3.05, 3.63) is 46.1 Å². The fraction of sp³-hybridized carbons (Fsp3) is 0.312. The zero-order chi connectivity index (χ0) is 16.2. The molecule has 0 aromatic carbocycles. The molecule has 1 aliphatic rings. The van der Waals surface area contributed by atoms with Crippen LogP contribution in [0.2, 0.25) is 0 Å². The molecule has 2 aromatic rings. The Balaban J connectivity index is 1.70. The lowest BCUT2D eigenvalue weighted by molar-refractivity contribution is 0.0601. The highest BCUT2D eigenvalue weighted by molar-refractivity contribution is 7.80. The van der Waals surface area contributed by atoms with Crippen molar-refractivity contribution in [2.75, 3.05) is 12.4 Å². The van der Waals surface area contributed by atoms with Crippen LogP contribution in [0.25, 0.3) is 0 Å². The Morgan fingerprint density at radius 1 is 1.48 bits per heavy atom. The molecule has 2 aromatic heterocycles. The van der Waals surface area contributed by atoms with E-state index in [9.17, 15) is 4.79 Å². The Kier molecular flexibility index (Phi) is 4.88. The van der Waals surface area contributed by atoms with Crippen LogP contribution >= 0.6 is 23.6 Å². The molecule has 3 rings (SSSR count). The van der Waals surface area contributed by atoms with E-state index in [0.717, 1.165) is 35.4 Å². The molecule has 23 heavy (non-hydrogen) atoms. The highest BCUT2D eigenvalue weighted by Crippen LogP contribution is 2.39. The molecule has 1 aliphatic carbocycles. The van der Waals surface area contributed by atoms with Crippen molar-refractivity contribution >= 4 is 39.6 Å². The quantitative estimate of drug-likeness (QED) is 0.655. The maximum absolute atomic E-state index is 12.1. The van der Waals surface area contributed by atoms with Gasteiger partial charge in [-0.15, -0.1) is 11.3 Å². The molecule has 0 fully saturated rings. The Hall–Kier alpha value is -1.99. The van der Waals surface area contributed by atoms with Crippen molar-refractivity contribution < 1.29 is 9.53 Å². The molecule has 0 saturated heterocycles. The van der Waals surface area contributed by atoms with E-state index in [-0.39, 0.29) is 5.97 Å². The normalized spacial score (nSPS) is 12.6. The maximum Gasteiger partial charge on any atom is 0.341 e. The van der Waals surface area contributed by atoms with Crippen LogP contribution < -0.4 is 10.6 Å². The molecule has 0 aliphatic heterocycles. The number of anilines is 1. The van der Waals surface area contributed by atoms with Gasteiger partial charge >= 0.3 is 5.97 Å². The van der Waals surface area contributed by atoms with Crippen LogP contribution in [0.5, 0.6) is 0 Å². The second kappa shape index (κ2) is 7.06. The van der Waals surface area contributed by atoms with E-state index in [1.54, 1.807) is 23.7 Å². The fourth-order valence-electron chi connectivity index (χ4n) is 2.64. The van der Waals surface area contributed by atoms with Gasteiger partial charge in [0.25, 0.3) is 0 Å². The summed E-state index contributed by atoms with van der Waals surface area (Å²) >= 11 is 6.93. The van der Waals surface area contributed by atoms with Crippen LogP contribution in [0, 0.1) is 0 Å². The van der Waals surface area contributed by atoms with Gasteiger partial charge < -0.3 is 15.4 Å². The third-order valence-electron chi connectivity index (χ3n) is 3.71. The number of ether oxygens (including phenoxy) is 1. The average molecular weight is 347 g/mol. The molecule has 0 unspecified atom stereocenters. The van der Waals surface area contributed by atoms with Crippen molar-refractivity contribution in [2.24, 2.45) is 0 Å². The van der Waals surface area contributed by atoms with E-state index < -0.39 is 0 Å². The first-order chi connectivity index (χ1) is 11.2. The minimum Gasteiger partial charge on any atom is -0.465 e. The summed E-state index contributed by atoms with van der Waals surface area (Å²) in [5.74, 6) is -0.304. The van der Waals surface area contributed by atoms with E-state index in [1.165, 1.54) is 12.0 Å². The summed E-state index contributed by atoms with van der Waals surface area (Å²) in [5, 5.41) is 7.53. The summed E-state index contributed by atoms with van der Waals surface area (Å²) in [6.45, 7) is 0.582. The Morgan fingerprint density at radius 3 is 3.09 bits per heavy atom. The number of nitrogens with zero attached hydrogens (tertiary/aromatic N) is 1. The number of fused-ring (bicyclic) bond motifs is 1. The number of thiocarbonyl (C=S) groups is 1. The smallest absolute Gasteiger partial charge is 0.341 e. The highest BCUT2D eigenvalue weighted by Gasteiger charge is 2.27. The molecular weight excluding hydrogens is 330 g/mol. The van der Waals surface area contributed by atoms with Gasteiger partial charge in [0.15, 0.2) is 5.11 Å². The number of nitrogens with one attached hydrogen (secondary N) is 2. The molecule has 5 nitrogen and oxygen atoms in total. The predicted molar refractivity (Wildman–Crippen MR) is 95.0 cm³/mol. The monoisotopic (exact) mass is 347 g/mol. The van der Waals surface area contributed by atoms with E-state index in [0.29, 0.717) is 17.2 Å². The SMILES string of the molecule is COC(=O)c1c(NC(=S)NCc2cccnc2)sc2c1CCC2. The number of carbonyl (C=O) groups is 1. The fourth-order valence-corrected chi connectivity index (χ4v) is 4.16. The minimum absolute atomic E-state index is 0.304. The van der Waals surface area contributed by atoms with E-state index in [4.69, 9.17) is 17.0 Å². The maximum atomic E-state index is 12.1. The van der Waals surface area contributed by atoms with Gasteiger partial charge in [-0.3, -0.25) is 4.98 Å². The molecule has 7 heteroatoms. The molecule has 120 valence electrons. The Morgan fingerprint density at radius 2 is 2.35 bits per heavy atom. The lowest BCUT2D eigenvalue weighted by Gasteiger charge is -2.11. The Labute approximate surface area is 144 Å². The lowest BCUT2D eigenvalue weighted by atomic mass is 10.1. The molecule has 0 atom stereocenters. The number of carbonyl (C=O) groups excluding carboxylic acids is 1. The number of methoxy groups -OCH3 is 1. The van der Waals surface area contributed by atoms with Crippen molar-refractivity contribution in [1.29, 1.82) is 0 Å². The van der Waals surface area contributed by atoms with Crippen molar-refractivity contribution in [3.63, 3.8) is 0 Å². The van der Waals surface area contributed by atoms with Gasteiger partial charge in [-0.2, -0.15) is 0 Å². The first-order valence-corrected chi connectivity index (χ1v) is 8.58. The highest BCUT2D eigenvalue weighted by atomic mass is 32.1. The second-order valence-corrected chi connectivity index (χ2v) is 6.74. The van der Waals surface area contributed by atoms with E-state index in [1.807, 2.05) is 12.1 Å². The number of esters is 1. The number of hydrogen-bond acceptors (Lipinski definition) is 5. The molecule has 0 bridgehead atoms. The molecule has 2 N–H and O–H groups in total. The van der Waals surface area contributed by atoms with Gasteiger partial charge in [-0.1, -0.05) is 6.07 Å². The molecule has 0 saturated carbocycles. The van der Waals surface area contributed by atoms with Gasteiger partial charge in [0.2, 0.25) is 0 Å². The minimum atomic E-state index is -0.304. The first-order valence-electron chi connectivity index (χ1n) is 7.35. The van der Waals surface area contributed by atoms with Crippen molar-refractivity contribution in [3.8, 4) is 0 Å². The second-order valence-electron chi connectivity index (χ2n) is 5.22. The van der Waals surface area contributed by atoms with Crippen LogP contribution in [-0.2, 0) is 24.1 Å². The van der Waals surface area contributed by atoms with Crippen LogP contribution in [0.3, 0.4) is 0 Å². The number of aryl methyl sites for hydroxylation is 1. The molecule has 2 heterocycles. The lowest BCUT2D eigenvalue weighted by Crippen LogP contribution is -2.28. The Bertz CT molecular complexity index is 728. The third kappa shape index (κ3) is 3.51. The van der Waals surface area contributed by atoms with Crippen LogP contribution in [0.15, 0.2) is 24.5 Å². The third-order valence-corrected chi connectivity index (χ3v) is 5.17. The number of aromatic nitrogens is 1. The first kappa shape index (κ1) is 15.9. The van der Waals surface area contributed by atoms with E-state index in [2.05, 4.69) is 15.6 Å². The van der Waals surface area contributed by atoms with Crippen LogP contribution in [0.4, 0.5) is 5.00 Å². The topological polar surface area (TPSA) is 63.2 Å². The summed E-state index contributed by atoms with van der Waals surface area (Å²) in [4.78, 5) is 17.4. The summed E-state index contributed by atoms with van der Waals surface area (Å²) in [7, 11) is 1.41. The summed E-state index contributed by atoms with van der Waals surface area (Å²) in [6.07, 6.45) is 6.55. The number of rotatable bonds is 4. The molecule has 0 amide bonds. The van der Waals surface area contributed by atoms with Crippen molar-refractivity contribution in [2.45, 2.75) is 25.8 Å². The number of hydrogen-bond donors (Lipinski definition) is 2. The van der Waals surface area contributed by atoms with Crippen molar-refractivity contribution in [1.82, 2.24) is 10.3 Å². The zero-order valence-electron chi connectivity index (χ0n) is 12.7. The predicted octanol–water partition coefficient (Wildman–Crippen LogP) is 2.91. The van der Waals surface area contributed by atoms with Gasteiger partial charge in [0, 0.05) is 23.8 Å². The standard InChI is InChI=1S/C16H17N3O2S2/c1-21-15(20)13-11-5-2-6-12(11)23-14(13)19-16(22)18-9-10-4-3-7-17-8-10/h3-4,7-8H,2,5-6,9H2,1H3,(H2,18,19,22). The number of thiophene rings is 1. The van der Waals surface area contributed by atoms with Gasteiger partial charge in [0.1, 0.15) is 5.00 Å².